The second kappa shape index (κ2) is 8.27. The zero-order valence-corrected chi connectivity index (χ0v) is 16.0. The van der Waals surface area contributed by atoms with Crippen LogP contribution in [0.1, 0.15) is 36.7 Å². The van der Waals surface area contributed by atoms with Crippen molar-refractivity contribution in [1.29, 1.82) is 0 Å². The molecule has 6 heteroatoms. The third-order valence-corrected chi connectivity index (χ3v) is 5.35. The summed E-state index contributed by atoms with van der Waals surface area (Å²) in [5.74, 6) is 0.901. The molecule has 0 aliphatic carbocycles. The molecule has 2 heterocycles. The Balaban J connectivity index is 1.79. The van der Waals surface area contributed by atoms with Crippen molar-refractivity contribution >= 4 is 17.5 Å². The summed E-state index contributed by atoms with van der Waals surface area (Å²) in [7, 11) is 0. The third-order valence-electron chi connectivity index (χ3n) is 4.27. The predicted molar refractivity (Wildman–Crippen MR) is 104 cm³/mol. The molecule has 1 aromatic carbocycles. The Labute approximate surface area is 157 Å². The van der Waals surface area contributed by atoms with Crippen molar-refractivity contribution < 1.29 is 4.79 Å². The lowest BCUT2D eigenvalue weighted by Crippen LogP contribution is -2.14. The highest BCUT2D eigenvalue weighted by Crippen LogP contribution is 2.28. The summed E-state index contributed by atoms with van der Waals surface area (Å²) in [4.78, 5) is 16.8. The number of hydrogen-bond acceptors (Lipinski definition) is 5. The summed E-state index contributed by atoms with van der Waals surface area (Å²) < 4.78 is 2.03. The number of carbonyl (C=O) groups is 1. The molecular weight excluding hydrogens is 344 g/mol. The van der Waals surface area contributed by atoms with Crippen molar-refractivity contribution in [2.45, 2.75) is 44.1 Å². The fraction of sp³-hybridized carbons (Fsp3) is 0.300. The van der Waals surface area contributed by atoms with Crippen LogP contribution in [0.4, 0.5) is 0 Å². The first-order valence-corrected chi connectivity index (χ1v) is 9.65. The maximum absolute atomic E-state index is 12.7. The molecule has 1 unspecified atom stereocenters. The normalized spacial score (nSPS) is 12.1. The number of nitrogens with zero attached hydrogens (tertiary/aromatic N) is 4. The standard InChI is InChI=1S/C20H22N4OS/c1-4-15-6-8-16(9-7-15)18(25)14(3)26-20-23-22-19(24(20)5-2)17-10-12-21-13-11-17/h6-14H,4-5H2,1-3H3. The molecule has 3 rings (SSSR count). The molecular formula is C20H22N4OS. The van der Waals surface area contributed by atoms with Crippen molar-refractivity contribution in [2.24, 2.45) is 0 Å². The lowest BCUT2D eigenvalue weighted by molar-refractivity contribution is 0.0994. The number of ketones is 1. The summed E-state index contributed by atoms with van der Waals surface area (Å²) in [5.41, 5.74) is 2.93. The quantitative estimate of drug-likeness (QED) is 0.461. The van der Waals surface area contributed by atoms with Gasteiger partial charge in [0.05, 0.1) is 5.25 Å². The second-order valence-electron chi connectivity index (χ2n) is 5.96. The van der Waals surface area contributed by atoms with Gasteiger partial charge in [0.2, 0.25) is 0 Å². The van der Waals surface area contributed by atoms with E-state index in [0.29, 0.717) is 0 Å². The molecule has 0 spiro atoms. The first-order chi connectivity index (χ1) is 12.6. The summed E-state index contributed by atoms with van der Waals surface area (Å²) in [6.07, 6.45) is 4.45. The van der Waals surface area contributed by atoms with Gasteiger partial charge in [0, 0.05) is 30.1 Å². The largest absolute Gasteiger partial charge is 0.302 e. The van der Waals surface area contributed by atoms with Crippen molar-refractivity contribution in [3.05, 3.63) is 59.9 Å². The van der Waals surface area contributed by atoms with Gasteiger partial charge in [-0.2, -0.15) is 0 Å². The van der Waals surface area contributed by atoms with Crippen molar-refractivity contribution in [1.82, 2.24) is 19.7 Å². The molecule has 0 aliphatic heterocycles. The van der Waals surface area contributed by atoms with Crippen LogP contribution in [-0.4, -0.2) is 30.8 Å². The van der Waals surface area contributed by atoms with Gasteiger partial charge < -0.3 is 4.57 Å². The van der Waals surface area contributed by atoms with E-state index in [-0.39, 0.29) is 11.0 Å². The van der Waals surface area contributed by atoms with E-state index in [1.54, 1.807) is 12.4 Å². The Bertz CT molecular complexity index is 875. The number of rotatable bonds is 7. The summed E-state index contributed by atoms with van der Waals surface area (Å²) in [5, 5.41) is 9.15. The fourth-order valence-electron chi connectivity index (χ4n) is 2.73. The second-order valence-corrected chi connectivity index (χ2v) is 7.27. The van der Waals surface area contributed by atoms with E-state index >= 15 is 0 Å². The van der Waals surface area contributed by atoms with E-state index in [9.17, 15) is 4.79 Å². The minimum Gasteiger partial charge on any atom is -0.302 e. The zero-order valence-electron chi connectivity index (χ0n) is 15.2. The van der Waals surface area contributed by atoms with Gasteiger partial charge in [-0.05, 0) is 38.0 Å². The van der Waals surface area contributed by atoms with E-state index in [0.717, 1.165) is 35.1 Å². The van der Waals surface area contributed by atoms with Crippen molar-refractivity contribution in [3.63, 3.8) is 0 Å². The number of benzene rings is 1. The molecule has 26 heavy (non-hydrogen) atoms. The number of aryl methyl sites for hydroxylation is 1. The number of pyridine rings is 1. The van der Waals surface area contributed by atoms with E-state index in [1.165, 1.54) is 17.3 Å². The van der Waals surface area contributed by atoms with Gasteiger partial charge in [0.15, 0.2) is 16.8 Å². The van der Waals surface area contributed by atoms with Crippen LogP contribution in [0.25, 0.3) is 11.4 Å². The summed E-state index contributed by atoms with van der Waals surface area (Å²) in [6.45, 7) is 6.81. The van der Waals surface area contributed by atoms with Crippen LogP contribution in [0.15, 0.2) is 53.9 Å². The molecule has 134 valence electrons. The van der Waals surface area contributed by atoms with Crippen LogP contribution >= 0.6 is 11.8 Å². The number of hydrogen-bond donors (Lipinski definition) is 0. The van der Waals surface area contributed by atoms with Gasteiger partial charge in [-0.25, -0.2) is 0 Å². The van der Waals surface area contributed by atoms with E-state index in [4.69, 9.17) is 0 Å². The average molecular weight is 366 g/mol. The summed E-state index contributed by atoms with van der Waals surface area (Å²) >= 11 is 1.45. The van der Waals surface area contributed by atoms with Crippen molar-refractivity contribution in [2.75, 3.05) is 0 Å². The van der Waals surface area contributed by atoms with E-state index < -0.39 is 0 Å². The highest BCUT2D eigenvalue weighted by atomic mass is 32.2. The maximum Gasteiger partial charge on any atom is 0.192 e. The molecule has 0 fully saturated rings. The van der Waals surface area contributed by atoms with Crippen molar-refractivity contribution in [3.8, 4) is 11.4 Å². The number of thioether (sulfide) groups is 1. The smallest absolute Gasteiger partial charge is 0.192 e. The Morgan fingerprint density at radius 2 is 1.77 bits per heavy atom. The summed E-state index contributed by atoms with van der Waals surface area (Å²) in [6, 6.07) is 11.7. The predicted octanol–water partition coefficient (Wildman–Crippen LogP) is 4.29. The molecule has 0 radical (unpaired) electrons. The van der Waals surface area contributed by atoms with Gasteiger partial charge in [-0.1, -0.05) is 43.0 Å². The lowest BCUT2D eigenvalue weighted by atomic mass is 10.1. The van der Waals surface area contributed by atoms with Crippen LogP contribution in [0.3, 0.4) is 0 Å². The first-order valence-electron chi connectivity index (χ1n) is 8.77. The Kier molecular flexibility index (Phi) is 5.83. The monoisotopic (exact) mass is 366 g/mol. The number of carbonyl (C=O) groups excluding carboxylic acids is 1. The molecule has 0 aliphatic rings. The van der Waals surface area contributed by atoms with Gasteiger partial charge >= 0.3 is 0 Å². The lowest BCUT2D eigenvalue weighted by Gasteiger charge is -2.12. The zero-order chi connectivity index (χ0) is 18.5. The molecule has 0 saturated carbocycles. The molecule has 5 nitrogen and oxygen atoms in total. The SMILES string of the molecule is CCc1ccc(C(=O)C(C)Sc2nnc(-c3ccncc3)n2CC)cc1. The maximum atomic E-state index is 12.7. The topological polar surface area (TPSA) is 60.7 Å². The Hall–Kier alpha value is -2.47. The van der Waals surface area contributed by atoms with E-state index in [2.05, 4.69) is 22.1 Å². The molecule has 0 saturated heterocycles. The molecule has 0 N–H and O–H groups in total. The van der Waals surface area contributed by atoms with Gasteiger partial charge in [-0.15, -0.1) is 10.2 Å². The minimum atomic E-state index is -0.234. The van der Waals surface area contributed by atoms with Crippen LogP contribution in [0.5, 0.6) is 0 Å². The third kappa shape index (κ3) is 3.85. The number of aromatic nitrogens is 4. The van der Waals surface area contributed by atoms with Crippen LogP contribution in [-0.2, 0) is 13.0 Å². The number of Topliss-reactive ketones (excluding diaryl/α,β-unsaturated/α-hetero) is 1. The van der Waals surface area contributed by atoms with Gasteiger partial charge in [0.1, 0.15) is 0 Å². The Morgan fingerprint density at radius 3 is 2.38 bits per heavy atom. The molecule has 0 amide bonds. The van der Waals surface area contributed by atoms with Gasteiger partial charge in [-0.3, -0.25) is 9.78 Å². The molecule has 1 atom stereocenters. The van der Waals surface area contributed by atoms with Gasteiger partial charge in [0.25, 0.3) is 0 Å². The van der Waals surface area contributed by atoms with E-state index in [1.807, 2.05) is 54.8 Å². The van der Waals surface area contributed by atoms with Crippen LogP contribution in [0, 0.1) is 0 Å². The molecule has 2 aromatic heterocycles. The van der Waals surface area contributed by atoms with Crippen LogP contribution < -0.4 is 0 Å². The highest BCUT2D eigenvalue weighted by Gasteiger charge is 2.21. The van der Waals surface area contributed by atoms with Crippen LogP contribution in [0.2, 0.25) is 0 Å². The fourth-order valence-corrected chi connectivity index (χ4v) is 3.72. The molecule has 0 bridgehead atoms. The highest BCUT2D eigenvalue weighted by molar-refractivity contribution is 8.00. The Morgan fingerprint density at radius 1 is 1.08 bits per heavy atom. The first kappa shape index (κ1) is 18.3. The minimum absolute atomic E-state index is 0.105. The average Bonchev–Trinajstić information content (AvgIpc) is 3.10. The molecule has 3 aromatic rings.